The Balaban J connectivity index is 1.54. The minimum Gasteiger partial charge on any atom is -0.458 e. The van der Waals surface area contributed by atoms with E-state index in [2.05, 4.69) is 15.3 Å². The second-order valence-electron chi connectivity index (χ2n) is 10.9. The van der Waals surface area contributed by atoms with Gasteiger partial charge in [0.25, 0.3) is 0 Å². The number of aromatic nitrogens is 2. The van der Waals surface area contributed by atoms with E-state index in [9.17, 15) is 9.59 Å². The van der Waals surface area contributed by atoms with Gasteiger partial charge in [0, 0.05) is 24.4 Å². The largest absolute Gasteiger partial charge is 0.498 e. The van der Waals surface area contributed by atoms with Gasteiger partial charge in [-0.15, -0.1) is 0 Å². The van der Waals surface area contributed by atoms with Crippen LogP contribution in [-0.2, 0) is 18.8 Å². The molecule has 2 aliphatic rings. The highest BCUT2D eigenvalue weighted by Crippen LogP contribution is 2.36. The van der Waals surface area contributed by atoms with Crippen LogP contribution in [0, 0.1) is 0 Å². The lowest BCUT2D eigenvalue weighted by Gasteiger charge is -2.34. The molecule has 0 radical (unpaired) electrons. The lowest BCUT2D eigenvalue weighted by Crippen LogP contribution is -2.52. The minimum atomic E-state index is -0.705. The number of ether oxygens (including phenoxy) is 2. The monoisotopic (exact) mass is 476 g/mol. The number of carbonyl (C=O) groups excluding carboxylic acids is 2. The molecule has 0 aliphatic carbocycles. The van der Waals surface area contributed by atoms with Gasteiger partial charge in [0.15, 0.2) is 0 Å². The number of nitrogens with zero attached hydrogens (tertiary/aromatic N) is 3. The zero-order valence-electron chi connectivity index (χ0n) is 21.5. The van der Waals surface area contributed by atoms with Gasteiger partial charge in [0.1, 0.15) is 17.7 Å². The van der Waals surface area contributed by atoms with E-state index in [1.54, 1.807) is 45.0 Å². The van der Waals surface area contributed by atoms with Crippen molar-refractivity contribution in [2.24, 2.45) is 0 Å². The van der Waals surface area contributed by atoms with Crippen molar-refractivity contribution in [2.45, 2.75) is 97.2 Å². The van der Waals surface area contributed by atoms with E-state index in [1.165, 1.54) is 0 Å². The van der Waals surface area contributed by atoms with Crippen molar-refractivity contribution < 1.29 is 28.4 Å². The average molecular weight is 476 g/mol. The molecule has 2 atom stereocenters. The van der Waals surface area contributed by atoms with Crippen LogP contribution in [0.1, 0.15) is 68.2 Å². The molecule has 2 fully saturated rings. The van der Waals surface area contributed by atoms with Crippen molar-refractivity contribution in [3.8, 4) is 6.01 Å². The fourth-order valence-electron chi connectivity index (χ4n) is 3.69. The standard InChI is InChI=1S/C23H37BN4O6/c1-15(27-20(30)32-21(2,3)4)18(29)28-11-9-10-17(14-28)31-19-25-12-16(13-26-19)24-33-22(5,6)23(7,8)34-24/h12-13,15,17H,9-11,14H2,1-8H3,(H,27,30)/t15?,17-/m1/s1. The molecule has 3 rings (SSSR count). The zero-order valence-corrected chi connectivity index (χ0v) is 21.5. The normalized spacial score (nSPS) is 22.8. The molecule has 188 valence electrons. The van der Waals surface area contributed by atoms with E-state index >= 15 is 0 Å². The van der Waals surface area contributed by atoms with Gasteiger partial charge >= 0.3 is 19.2 Å². The molecule has 0 bridgehead atoms. The van der Waals surface area contributed by atoms with E-state index in [0.717, 1.165) is 12.8 Å². The van der Waals surface area contributed by atoms with Crippen LogP contribution in [0.2, 0.25) is 0 Å². The summed E-state index contributed by atoms with van der Waals surface area (Å²) in [4.78, 5) is 35.2. The van der Waals surface area contributed by atoms with E-state index < -0.39 is 36.1 Å². The summed E-state index contributed by atoms with van der Waals surface area (Å²) in [6.07, 6.45) is 3.98. The number of alkyl carbamates (subject to hydrolysis) is 1. The maximum absolute atomic E-state index is 12.8. The molecule has 1 unspecified atom stereocenters. The summed E-state index contributed by atoms with van der Waals surface area (Å²) in [5, 5.41) is 2.60. The van der Waals surface area contributed by atoms with Gasteiger partial charge in [0.05, 0.1) is 17.7 Å². The van der Waals surface area contributed by atoms with Crippen molar-refractivity contribution in [1.82, 2.24) is 20.2 Å². The first-order valence-corrected chi connectivity index (χ1v) is 11.8. The summed E-state index contributed by atoms with van der Waals surface area (Å²) in [7, 11) is -0.541. The van der Waals surface area contributed by atoms with E-state index in [0.29, 0.717) is 18.6 Å². The third kappa shape index (κ3) is 6.38. The Morgan fingerprint density at radius 2 is 1.76 bits per heavy atom. The second kappa shape index (κ2) is 9.69. The van der Waals surface area contributed by atoms with Crippen molar-refractivity contribution in [3.63, 3.8) is 0 Å². The first-order valence-electron chi connectivity index (χ1n) is 11.8. The van der Waals surface area contributed by atoms with Crippen LogP contribution in [0.15, 0.2) is 12.4 Å². The predicted octanol–water partition coefficient (Wildman–Crippen LogP) is 2.06. The SMILES string of the molecule is CC(NC(=O)OC(C)(C)C)C(=O)N1CCC[C@@H](Oc2ncc(B3OC(C)(C)C(C)(C)O3)cn2)C1. The highest BCUT2D eigenvalue weighted by molar-refractivity contribution is 6.61. The molecule has 1 aromatic heterocycles. The number of amides is 2. The Hall–Kier alpha value is -2.40. The van der Waals surface area contributed by atoms with Crippen LogP contribution >= 0.6 is 0 Å². The van der Waals surface area contributed by atoms with Gasteiger partial charge in [-0.05, 0) is 68.2 Å². The number of likely N-dealkylation sites (tertiary alicyclic amines) is 1. The highest BCUT2D eigenvalue weighted by Gasteiger charge is 2.52. The summed E-state index contributed by atoms with van der Waals surface area (Å²) < 4.78 is 23.2. The lowest BCUT2D eigenvalue weighted by atomic mass is 9.81. The maximum atomic E-state index is 12.8. The average Bonchev–Trinajstić information content (AvgIpc) is 2.93. The van der Waals surface area contributed by atoms with Gasteiger partial charge in [-0.25, -0.2) is 14.8 Å². The van der Waals surface area contributed by atoms with Crippen LogP contribution in [0.3, 0.4) is 0 Å². The molecule has 10 nitrogen and oxygen atoms in total. The van der Waals surface area contributed by atoms with Gasteiger partial charge in [-0.2, -0.15) is 0 Å². The molecule has 3 heterocycles. The Labute approximate surface area is 202 Å². The van der Waals surface area contributed by atoms with E-state index in [1.807, 2.05) is 27.7 Å². The Kier molecular flexibility index (Phi) is 7.47. The number of piperidine rings is 1. The quantitative estimate of drug-likeness (QED) is 0.643. The molecule has 34 heavy (non-hydrogen) atoms. The molecule has 2 saturated heterocycles. The predicted molar refractivity (Wildman–Crippen MR) is 127 cm³/mol. The zero-order chi connectivity index (χ0) is 25.3. The van der Waals surface area contributed by atoms with Crippen molar-refractivity contribution in [1.29, 1.82) is 0 Å². The molecule has 0 aromatic carbocycles. The van der Waals surface area contributed by atoms with Crippen LogP contribution in [-0.4, -0.2) is 76.0 Å². The van der Waals surface area contributed by atoms with Crippen LogP contribution < -0.4 is 15.5 Å². The summed E-state index contributed by atoms with van der Waals surface area (Å²) in [6, 6.07) is -0.469. The van der Waals surface area contributed by atoms with Crippen LogP contribution in [0.25, 0.3) is 0 Å². The van der Waals surface area contributed by atoms with Gasteiger partial charge < -0.3 is 29.0 Å². The molecule has 0 saturated carbocycles. The summed E-state index contributed by atoms with van der Waals surface area (Å²) in [5.41, 5.74) is -0.802. The minimum absolute atomic E-state index is 0.184. The lowest BCUT2D eigenvalue weighted by molar-refractivity contribution is -0.135. The fourth-order valence-corrected chi connectivity index (χ4v) is 3.69. The van der Waals surface area contributed by atoms with Crippen molar-refractivity contribution >= 4 is 24.6 Å². The second-order valence-corrected chi connectivity index (χ2v) is 10.9. The summed E-state index contributed by atoms with van der Waals surface area (Å²) >= 11 is 0. The molecular formula is C23H37BN4O6. The maximum Gasteiger partial charge on any atom is 0.498 e. The number of hydrogen-bond donors (Lipinski definition) is 1. The Bertz CT molecular complexity index is 870. The topological polar surface area (TPSA) is 112 Å². The fraction of sp³-hybridized carbons (Fsp3) is 0.739. The van der Waals surface area contributed by atoms with Crippen LogP contribution in [0.4, 0.5) is 4.79 Å². The van der Waals surface area contributed by atoms with Gasteiger partial charge in [0.2, 0.25) is 5.91 Å². The van der Waals surface area contributed by atoms with Gasteiger partial charge in [-0.1, -0.05) is 0 Å². The first-order chi connectivity index (χ1) is 15.7. The molecule has 0 spiro atoms. The molecule has 1 N–H and O–H groups in total. The molecule has 2 amide bonds. The number of rotatable bonds is 5. The molecule has 2 aliphatic heterocycles. The molecule has 11 heteroatoms. The summed E-state index contributed by atoms with van der Waals surface area (Å²) in [5.74, 6) is -0.184. The third-order valence-electron chi connectivity index (χ3n) is 6.24. The first kappa shape index (κ1) is 26.2. The van der Waals surface area contributed by atoms with E-state index in [-0.39, 0.29) is 18.0 Å². The smallest absolute Gasteiger partial charge is 0.458 e. The number of carbonyl (C=O) groups is 2. The molecule has 1 aromatic rings. The Morgan fingerprint density at radius 1 is 1.18 bits per heavy atom. The number of nitrogens with one attached hydrogen (secondary N) is 1. The van der Waals surface area contributed by atoms with Crippen LogP contribution in [0.5, 0.6) is 6.01 Å². The van der Waals surface area contributed by atoms with Gasteiger partial charge in [-0.3, -0.25) is 4.79 Å². The highest BCUT2D eigenvalue weighted by atomic mass is 16.7. The number of hydrogen-bond acceptors (Lipinski definition) is 8. The Morgan fingerprint density at radius 3 is 2.32 bits per heavy atom. The van der Waals surface area contributed by atoms with Crippen molar-refractivity contribution in [3.05, 3.63) is 12.4 Å². The molecular weight excluding hydrogens is 439 g/mol. The van der Waals surface area contributed by atoms with E-state index in [4.69, 9.17) is 18.8 Å². The third-order valence-corrected chi connectivity index (χ3v) is 6.24. The summed E-state index contributed by atoms with van der Waals surface area (Å²) in [6.45, 7) is 15.9. The van der Waals surface area contributed by atoms with Crippen molar-refractivity contribution in [2.75, 3.05) is 13.1 Å².